The maximum absolute atomic E-state index is 9.70. The van der Waals surface area contributed by atoms with Crippen LogP contribution in [-0.4, -0.2) is 6.29 Å². The van der Waals surface area contributed by atoms with Gasteiger partial charge >= 0.3 is 51.4 Å². The first kappa shape index (κ1) is 11.1. The Morgan fingerprint density at radius 2 is 1.43 bits per heavy atom. The average molecular weight is 124 g/mol. The monoisotopic (exact) mass is 124 g/mol. The molecule has 0 bridgehead atoms. The van der Waals surface area contributed by atoms with E-state index in [0.717, 1.165) is 0 Å². The molecular formula is C5H9KO. The summed E-state index contributed by atoms with van der Waals surface area (Å²) < 4.78 is 0. The zero-order valence-electron chi connectivity index (χ0n) is 5.41. The third kappa shape index (κ3) is 11.1. The van der Waals surface area contributed by atoms with Crippen LogP contribution in [0.15, 0.2) is 0 Å². The van der Waals surface area contributed by atoms with Crippen LogP contribution in [0.2, 0.25) is 0 Å². The molecule has 2 heteroatoms. The van der Waals surface area contributed by atoms with Gasteiger partial charge in [-0.2, -0.15) is 0 Å². The average Bonchev–Trinajstić information content (AvgIpc) is 1.35. The molecule has 0 aliphatic rings. The topological polar surface area (TPSA) is 17.1 Å². The summed E-state index contributed by atoms with van der Waals surface area (Å²) in [6.07, 6.45) is 1.85. The van der Waals surface area contributed by atoms with Crippen molar-refractivity contribution >= 4 is 6.29 Å². The van der Waals surface area contributed by atoms with Gasteiger partial charge in [0.25, 0.3) is 0 Å². The van der Waals surface area contributed by atoms with Crippen molar-refractivity contribution in [3.8, 4) is 0 Å². The summed E-state index contributed by atoms with van der Waals surface area (Å²) in [6, 6.07) is 0. The van der Waals surface area contributed by atoms with E-state index < -0.39 is 0 Å². The molecular weight excluding hydrogens is 115 g/mol. The first-order valence-corrected chi connectivity index (χ1v) is 1.95. The van der Waals surface area contributed by atoms with Gasteiger partial charge in [-0.3, -0.25) is 6.29 Å². The molecule has 0 aromatic heterocycles. The Bertz CT molecular complexity index is 53.6. The van der Waals surface area contributed by atoms with E-state index in [1.807, 2.05) is 27.1 Å². The van der Waals surface area contributed by atoms with E-state index in [2.05, 4.69) is 0 Å². The van der Waals surface area contributed by atoms with Crippen LogP contribution in [0.4, 0.5) is 0 Å². The molecule has 0 aliphatic carbocycles. The molecule has 0 aromatic rings. The van der Waals surface area contributed by atoms with E-state index in [1.165, 1.54) is 0 Å². The van der Waals surface area contributed by atoms with Crippen LogP contribution in [-0.2, 0) is 4.79 Å². The minimum absolute atomic E-state index is 0. The van der Waals surface area contributed by atoms with Crippen molar-refractivity contribution in [3.05, 3.63) is 0 Å². The van der Waals surface area contributed by atoms with Gasteiger partial charge in [0.15, 0.2) is 0 Å². The van der Waals surface area contributed by atoms with E-state index in [9.17, 15) is 4.79 Å². The molecule has 0 aliphatic heterocycles. The van der Waals surface area contributed by atoms with Gasteiger partial charge in [0.1, 0.15) is 0 Å². The Morgan fingerprint density at radius 3 is 1.43 bits per heavy atom. The van der Waals surface area contributed by atoms with Gasteiger partial charge in [-0.25, -0.2) is 0 Å². The van der Waals surface area contributed by atoms with Crippen LogP contribution >= 0.6 is 0 Å². The van der Waals surface area contributed by atoms with Crippen molar-refractivity contribution in [2.24, 2.45) is 5.41 Å². The summed E-state index contributed by atoms with van der Waals surface area (Å²) in [5.41, 5.74) is -0.264. The van der Waals surface area contributed by atoms with E-state index in [0.29, 0.717) is 0 Å². The Morgan fingerprint density at radius 1 is 1.29 bits per heavy atom. The van der Waals surface area contributed by atoms with Crippen LogP contribution in [0.1, 0.15) is 20.8 Å². The molecule has 0 aromatic carbocycles. The fraction of sp³-hybridized carbons (Fsp3) is 0.800. The van der Waals surface area contributed by atoms with E-state index in [4.69, 9.17) is 0 Å². The normalized spacial score (nSPS) is 9.57. The SMILES string of the molecule is CC(C)(C)[C-]=O.[K+]. The minimum Gasteiger partial charge on any atom is -0.541 e. The minimum atomic E-state index is -0.264. The second-order valence-electron chi connectivity index (χ2n) is 2.35. The molecule has 0 saturated heterocycles. The van der Waals surface area contributed by atoms with Crippen molar-refractivity contribution in [1.29, 1.82) is 0 Å². The molecule has 0 atom stereocenters. The molecule has 0 fully saturated rings. The van der Waals surface area contributed by atoms with Gasteiger partial charge in [-0.15, -0.1) is 5.41 Å². The number of carbonyl (C=O) groups excluding carboxylic acids is 1. The maximum Gasteiger partial charge on any atom is 1.00 e. The Balaban J connectivity index is 0. The summed E-state index contributed by atoms with van der Waals surface area (Å²) in [6.45, 7) is 5.46. The maximum atomic E-state index is 9.70. The predicted octanol–water partition coefficient (Wildman–Crippen LogP) is -1.85. The Labute approximate surface area is 87.3 Å². The summed E-state index contributed by atoms with van der Waals surface area (Å²) in [5.74, 6) is 0. The predicted molar refractivity (Wildman–Crippen MR) is 25.1 cm³/mol. The first-order valence-electron chi connectivity index (χ1n) is 1.95. The van der Waals surface area contributed by atoms with Crippen molar-refractivity contribution < 1.29 is 56.2 Å². The molecule has 0 rings (SSSR count). The second kappa shape index (κ2) is 4.21. The molecule has 0 heterocycles. The molecule has 36 valence electrons. The van der Waals surface area contributed by atoms with E-state index in [1.54, 1.807) is 0 Å². The third-order valence-electron chi connectivity index (χ3n) is 0.306. The van der Waals surface area contributed by atoms with Gasteiger partial charge in [0, 0.05) is 0 Å². The number of rotatable bonds is 0. The van der Waals surface area contributed by atoms with Crippen molar-refractivity contribution in [3.63, 3.8) is 0 Å². The van der Waals surface area contributed by atoms with Crippen molar-refractivity contribution in [1.82, 2.24) is 0 Å². The summed E-state index contributed by atoms with van der Waals surface area (Å²) in [4.78, 5) is 9.70. The van der Waals surface area contributed by atoms with Crippen LogP contribution in [0.5, 0.6) is 0 Å². The number of hydrogen-bond donors (Lipinski definition) is 0. The molecule has 0 unspecified atom stereocenters. The molecule has 0 spiro atoms. The quantitative estimate of drug-likeness (QED) is 0.273. The number of hydrogen-bond acceptors (Lipinski definition) is 1. The van der Waals surface area contributed by atoms with Crippen LogP contribution < -0.4 is 51.4 Å². The third-order valence-corrected chi connectivity index (χ3v) is 0.306. The summed E-state index contributed by atoms with van der Waals surface area (Å²) in [7, 11) is 0. The van der Waals surface area contributed by atoms with Crippen molar-refractivity contribution in [2.45, 2.75) is 20.8 Å². The first-order chi connectivity index (χ1) is 2.56. The summed E-state index contributed by atoms with van der Waals surface area (Å²) >= 11 is 0. The zero-order valence-corrected chi connectivity index (χ0v) is 8.53. The van der Waals surface area contributed by atoms with Gasteiger partial charge < -0.3 is 4.79 Å². The largest absolute Gasteiger partial charge is 1.00 e. The molecule has 0 saturated carbocycles. The molecule has 0 N–H and O–H groups in total. The van der Waals surface area contributed by atoms with Gasteiger partial charge in [-0.05, 0) is 0 Å². The van der Waals surface area contributed by atoms with Crippen LogP contribution in [0, 0.1) is 5.41 Å². The standard InChI is InChI=1S/C5H9O.K/c1-5(2,3)4-6;/h1-3H3;/q-1;+1. The van der Waals surface area contributed by atoms with Gasteiger partial charge in [0.2, 0.25) is 0 Å². The van der Waals surface area contributed by atoms with Crippen LogP contribution in [0.3, 0.4) is 0 Å². The second-order valence-corrected chi connectivity index (χ2v) is 2.35. The Kier molecular flexibility index (Phi) is 6.71. The zero-order chi connectivity index (χ0) is 5.21. The van der Waals surface area contributed by atoms with E-state index >= 15 is 0 Å². The molecule has 0 amide bonds. The van der Waals surface area contributed by atoms with Gasteiger partial charge in [-0.1, -0.05) is 20.8 Å². The Hall–Kier alpha value is 1.31. The van der Waals surface area contributed by atoms with E-state index in [-0.39, 0.29) is 56.8 Å². The fourth-order valence-corrected chi connectivity index (χ4v) is 0. The smallest absolute Gasteiger partial charge is 0.541 e. The fourth-order valence-electron chi connectivity index (χ4n) is 0. The molecule has 7 heavy (non-hydrogen) atoms. The summed E-state index contributed by atoms with van der Waals surface area (Å²) in [5, 5.41) is 0. The van der Waals surface area contributed by atoms with Gasteiger partial charge in [0.05, 0.1) is 0 Å². The van der Waals surface area contributed by atoms with Crippen LogP contribution in [0.25, 0.3) is 0 Å². The molecule has 0 radical (unpaired) electrons. The van der Waals surface area contributed by atoms with Crippen molar-refractivity contribution in [2.75, 3.05) is 0 Å². The molecule has 1 nitrogen and oxygen atoms in total.